The van der Waals surface area contributed by atoms with E-state index in [2.05, 4.69) is 16.6 Å². The van der Waals surface area contributed by atoms with Gasteiger partial charge >= 0.3 is 6.18 Å². The second-order valence-corrected chi connectivity index (χ2v) is 4.01. The van der Waals surface area contributed by atoms with Gasteiger partial charge in [-0.15, -0.1) is 0 Å². The van der Waals surface area contributed by atoms with Crippen molar-refractivity contribution in [1.29, 1.82) is 0 Å². The maximum Gasteiger partial charge on any atom is 0.411 e. The van der Waals surface area contributed by atoms with Gasteiger partial charge in [-0.05, 0) is 38.9 Å². The number of alkyl halides is 3. The molecule has 0 aromatic rings. The SMILES string of the molecule is CCCN(CCCN)CCCOCC(F)(F)F. The highest BCUT2D eigenvalue weighted by Gasteiger charge is 2.27. The lowest BCUT2D eigenvalue weighted by molar-refractivity contribution is -0.174. The summed E-state index contributed by atoms with van der Waals surface area (Å²) in [5.41, 5.74) is 5.42. The van der Waals surface area contributed by atoms with Gasteiger partial charge in [0, 0.05) is 13.2 Å². The van der Waals surface area contributed by atoms with E-state index >= 15 is 0 Å². The highest BCUT2D eigenvalue weighted by molar-refractivity contribution is 4.58. The summed E-state index contributed by atoms with van der Waals surface area (Å²) in [7, 11) is 0. The number of nitrogens with zero attached hydrogens (tertiary/aromatic N) is 1. The minimum Gasteiger partial charge on any atom is -0.372 e. The van der Waals surface area contributed by atoms with Crippen LogP contribution in [-0.2, 0) is 4.74 Å². The molecule has 0 radical (unpaired) electrons. The maximum absolute atomic E-state index is 11.8. The molecule has 17 heavy (non-hydrogen) atoms. The van der Waals surface area contributed by atoms with E-state index < -0.39 is 12.8 Å². The first-order valence-electron chi connectivity index (χ1n) is 6.06. The summed E-state index contributed by atoms with van der Waals surface area (Å²) in [5.74, 6) is 0. The van der Waals surface area contributed by atoms with E-state index in [-0.39, 0.29) is 6.61 Å². The van der Waals surface area contributed by atoms with Crippen molar-refractivity contribution in [3.05, 3.63) is 0 Å². The second kappa shape index (κ2) is 9.67. The molecule has 0 atom stereocenters. The summed E-state index contributed by atoms with van der Waals surface area (Å²) in [6.45, 7) is 4.36. The molecule has 0 amide bonds. The summed E-state index contributed by atoms with van der Waals surface area (Å²) in [4.78, 5) is 2.21. The third-order valence-electron chi connectivity index (χ3n) is 2.25. The topological polar surface area (TPSA) is 38.5 Å². The Kier molecular flexibility index (Phi) is 9.49. The van der Waals surface area contributed by atoms with Crippen LogP contribution < -0.4 is 5.73 Å². The van der Waals surface area contributed by atoms with Gasteiger partial charge in [0.05, 0.1) is 0 Å². The van der Waals surface area contributed by atoms with Crippen molar-refractivity contribution in [1.82, 2.24) is 4.90 Å². The molecule has 0 heterocycles. The molecule has 6 heteroatoms. The highest BCUT2D eigenvalue weighted by Crippen LogP contribution is 2.14. The molecule has 0 aliphatic carbocycles. The largest absolute Gasteiger partial charge is 0.411 e. The third kappa shape index (κ3) is 11.9. The van der Waals surface area contributed by atoms with Crippen molar-refractivity contribution in [2.45, 2.75) is 32.4 Å². The minimum absolute atomic E-state index is 0.155. The van der Waals surface area contributed by atoms with Gasteiger partial charge < -0.3 is 15.4 Å². The fourth-order valence-corrected chi connectivity index (χ4v) is 1.54. The zero-order chi connectivity index (χ0) is 13.1. The standard InChI is InChI=1S/C11H23F3N2O/c1-2-6-16(7-3-5-15)8-4-9-17-10-11(12,13)14/h2-10,15H2,1H3. The van der Waals surface area contributed by atoms with Crippen molar-refractivity contribution >= 4 is 0 Å². The molecule has 0 aliphatic rings. The number of rotatable bonds is 10. The Balaban J connectivity index is 3.53. The van der Waals surface area contributed by atoms with E-state index in [0.29, 0.717) is 13.0 Å². The normalized spacial score (nSPS) is 12.4. The van der Waals surface area contributed by atoms with Gasteiger partial charge in [-0.2, -0.15) is 13.2 Å². The quantitative estimate of drug-likeness (QED) is 0.608. The van der Waals surface area contributed by atoms with Gasteiger partial charge in [-0.25, -0.2) is 0 Å². The molecule has 3 nitrogen and oxygen atoms in total. The average molecular weight is 256 g/mol. The third-order valence-corrected chi connectivity index (χ3v) is 2.25. The molecule has 0 aromatic carbocycles. The molecule has 0 rings (SSSR count). The molecular weight excluding hydrogens is 233 g/mol. The second-order valence-electron chi connectivity index (χ2n) is 4.01. The van der Waals surface area contributed by atoms with Gasteiger partial charge in [-0.3, -0.25) is 0 Å². The van der Waals surface area contributed by atoms with Gasteiger partial charge in [-0.1, -0.05) is 6.92 Å². The first kappa shape index (κ1) is 16.7. The van der Waals surface area contributed by atoms with Crippen LogP contribution in [0.25, 0.3) is 0 Å². The Labute approximate surface area is 101 Å². The molecule has 0 fully saturated rings. The number of hydrogen-bond donors (Lipinski definition) is 1. The van der Waals surface area contributed by atoms with Crippen molar-refractivity contribution in [3.8, 4) is 0 Å². The van der Waals surface area contributed by atoms with Crippen LogP contribution >= 0.6 is 0 Å². The zero-order valence-electron chi connectivity index (χ0n) is 10.4. The van der Waals surface area contributed by atoms with Crippen LogP contribution in [0.1, 0.15) is 26.2 Å². The Morgan fingerprint density at radius 3 is 2.29 bits per heavy atom. The Morgan fingerprint density at radius 1 is 1.12 bits per heavy atom. The molecule has 0 bridgehead atoms. The molecule has 0 aromatic heterocycles. The van der Waals surface area contributed by atoms with Crippen LogP contribution in [0, 0.1) is 0 Å². The van der Waals surface area contributed by atoms with Crippen LogP contribution in [0.4, 0.5) is 13.2 Å². The number of hydrogen-bond acceptors (Lipinski definition) is 3. The van der Waals surface area contributed by atoms with E-state index in [4.69, 9.17) is 5.73 Å². The monoisotopic (exact) mass is 256 g/mol. The lowest BCUT2D eigenvalue weighted by Gasteiger charge is -2.21. The zero-order valence-corrected chi connectivity index (χ0v) is 10.4. The van der Waals surface area contributed by atoms with E-state index in [0.717, 1.165) is 32.5 Å². The van der Waals surface area contributed by atoms with Crippen LogP contribution in [-0.4, -0.2) is 50.5 Å². The number of ether oxygens (including phenoxy) is 1. The molecule has 104 valence electrons. The summed E-state index contributed by atoms with van der Waals surface area (Å²) < 4.78 is 39.9. The van der Waals surface area contributed by atoms with Gasteiger partial charge in [0.15, 0.2) is 0 Å². The average Bonchev–Trinajstić information content (AvgIpc) is 2.23. The first-order chi connectivity index (χ1) is 7.99. The van der Waals surface area contributed by atoms with Crippen molar-refractivity contribution in [2.75, 3.05) is 39.4 Å². The Morgan fingerprint density at radius 2 is 1.76 bits per heavy atom. The van der Waals surface area contributed by atoms with Crippen molar-refractivity contribution in [2.24, 2.45) is 5.73 Å². The molecular formula is C11H23F3N2O. The Hall–Kier alpha value is -0.330. The van der Waals surface area contributed by atoms with Crippen LogP contribution in [0.5, 0.6) is 0 Å². The summed E-state index contributed by atoms with van der Waals surface area (Å²) in [6.07, 6.45) is -1.64. The van der Waals surface area contributed by atoms with E-state index in [1.165, 1.54) is 0 Å². The first-order valence-corrected chi connectivity index (χ1v) is 6.06. The van der Waals surface area contributed by atoms with E-state index in [1.807, 2.05) is 0 Å². The van der Waals surface area contributed by atoms with E-state index in [1.54, 1.807) is 0 Å². The molecule has 2 N–H and O–H groups in total. The smallest absolute Gasteiger partial charge is 0.372 e. The van der Waals surface area contributed by atoms with Gasteiger partial charge in [0.1, 0.15) is 6.61 Å². The van der Waals surface area contributed by atoms with Crippen LogP contribution in [0.15, 0.2) is 0 Å². The fourth-order valence-electron chi connectivity index (χ4n) is 1.54. The molecule has 0 saturated carbocycles. The van der Waals surface area contributed by atoms with Gasteiger partial charge in [0.2, 0.25) is 0 Å². The predicted molar refractivity (Wildman–Crippen MR) is 61.9 cm³/mol. The van der Waals surface area contributed by atoms with Crippen LogP contribution in [0.2, 0.25) is 0 Å². The fraction of sp³-hybridized carbons (Fsp3) is 1.00. The van der Waals surface area contributed by atoms with E-state index in [9.17, 15) is 13.2 Å². The lowest BCUT2D eigenvalue weighted by atomic mass is 10.3. The molecule has 0 saturated heterocycles. The predicted octanol–water partition coefficient (Wildman–Crippen LogP) is 2.02. The summed E-state index contributed by atoms with van der Waals surface area (Å²) in [6, 6.07) is 0. The molecule has 0 spiro atoms. The summed E-state index contributed by atoms with van der Waals surface area (Å²) >= 11 is 0. The van der Waals surface area contributed by atoms with Crippen molar-refractivity contribution < 1.29 is 17.9 Å². The Bertz CT molecular complexity index is 177. The summed E-state index contributed by atoms with van der Waals surface area (Å²) in [5, 5.41) is 0. The van der Waals surface area contributed by atoms with Crippen LogP contribution in [0.3, 0.4) is 0 Å². The number of nitrogens with two attached hydrogens (primary N) is 1. The maximum atomic E-state index is 11.8. The van der Waals surface area contributed by atoms with Crippen molar-refractivity contribution in [3.63, 3.8) is 0 Å². The highest BCUT2D eigenvalue weighted by atomic mass is 19.4. The lowest BCUT2D eigenvalue weighted by Crippen LogP contribution is -2.29. The molecule has 0 aliphatic heterocycles. The number of halogens is 3. The molecule has 0 unspecified atom stereocenters. The minimum atomic E-state index is -4.22. The van der Waals surface area contributed by atoms with Gasteiger partial charge in [0.25, 0.3) is 0 Å².